The lowest BCUT2D eigenvalue weighted by Crippen LogP contribution is -2.43. The molecule has 3 aromatic carbocycles. The number of carboxylic acids is 1. The quantitative estimate of drug-likeness (QED) is 0.660. The van der Waals surface area contributed by atoms with Crippen molar-refractivity contribution in [3.63, 3.8) is 0 Å². The van der Waals surface area contributed by atoms with E-state index >= 15 is 0 Å². The zero-order valence-electron chi connectivity index (χ0n) is 16.6. The van der Waals surface area contributed by atoms with Gasteiger partial charge in [0.05, 0.1) is 25.4 Å². The topological polar surface area (TPSA) is 78.9 Å². The van der Waals surface area contributed by atoms with Crippen LogP contribution in [0.2, 0.25) is 0 Å². The lowest BCUT2D eigenvalue weighted by Gasteiger charge is -2.26. The Morgan fingerprint density at radius 1 is 0.867 bits per heavy atom. The molecular formula is C24H24N2O4. The number of rotatable bonds is 6. The Balaban J connectivity index is 1.46. The van der Waals surface area contributed by atoms with E-state index in [0.717, 1.165) is 35.0 Å². The predicted molar refractivity (Wildman–Crippen MR) is 115 cm³/mol. The molecule has 6 heteroatoms. The molecule has 1 fully saturated rings. The van der Waals surface area contributed by atoms with E-state index in [4.69, 9.17) is 9.84 Å². The Bertz CT molecular complexity index is 1060. The van der Waals surface area contributed by atoms with Crippen LogP contribution in [0.15, 0.2) is 60.7 Å². The molecule has 1 aliphatic heterocycles. The van der Waals surface area contributed by atoms with Crippen LogP contribution in [-0.2, 0) is 11.2 Å². The van der Waals surface area contributed by atoms with Crippen LogP contribution >= 0.6 is 0 Å². The molecule has 0 unspecified atom stereocenters. The van der Waals surface area contributed by atoms with Crippen LogP contribution in [-0.4, -0.2) is 54.9 Å². The van der Waals surface area contributed by atoms with Crippen molar-refractivity contribution >= 4 is 22.6 Å². The molecule has 0 aliphatic carbocycles. The second-order valence-electron chi connectivity index (χ2n) is 7.47. The Morgan fingerprint density at radius 3 is 2.27 bits per heavy atom. The number of carbonyl (C=O) groups excluding carboxylic acids is 1. The Morgan fingerprint density at radius 2 is 1.53 bits per heavy atom. The predicted octanol–water partition coefficient (Wildman–Crippen LogP) is 3.15. The molecule has 154 valence electrons. The Kier molecular flexibility index (Phi) is 6.07. The molecule has 0 spiro atoms. The summed E-state index contributed by atoms with van der Waals surface area (Å²) in [5, 5.41) is 14.1. The van der Waals surface area contributed by atoms with Crippen LogP contribution in [0.5, 0.6) is 0 Å². The number of nitrogens with zero attached hydrogens (tertiary/aromatic N) is 1. The Hall–Kier alpha value is -3.22. The van der Waals surface area contributed by atoms with Gasteiger partial charge in [-0.1, -0.05) is 36.4 Å². The van der Waals surface area contributed by atoms with E-state index in [9.17, 15) is 9.59 Å². The molecule has 1 saturated heterocycles. The fraction of sp³-hybridized carbons (Fsp3) is 0.250. The van der Waals surface area contributed by atoms with Gasteiger partial charge in [-0.15, -0.1) is 0 Å². The number of benzene rings is 3. The molecule has 0 bridgehead atoms. The summed E-state index contributed by atoms with van der Waals surface area (Å²) in [6.07, 6.45) is 0.698. The molecule has 2 N–H and O–H groups in total. The van der Waals surface area contributed by atoms with Gasteiger partial charge in [0.2, 0.25) is 0 Å². The third-order valence-electron chi connectivity index (χ3n) is 5.34. The van der Waals surface area contributed by atoms with Crippen molar-refractivity contribution in [3.05, 3.63) is 82.9 Å². The van der Waals surface area contributed by atoms with E-state index < -0.39 is 5.97 Å². The SMILES string of the molecule is O=C(O)c1ccc(Cc2ccc3ccc(C(=O)NCN4CCOCC4)cc3c2)cc1. The summed E-state index contributed by atoms with van der Waals surface area (Å²) in [6.45, 7) is 3.58. The van der Waals surface area contributed by atoms with E-state index in [1.807, 2.05) is 36.4 Å². The average molecular weight is 404 g/mol. The molecular weight excluding hydrogens is 380 g/mol. The van der Waals surface area contributed by atoms with Gasteiger partial charge >= 0.3 is 5.97 Å². The molecule has 0 radical (unpaired) electrons. The maximum absolute atomic E-state index is 12.6. The van der Waals surface area contributed by atoms with E-state index in [1.165, 1.54) is 0 Å². The van der Waals surface area contributed by atoms with Crippen LogP contribution in [0.1, 0.15) is 31.8 Å². The molecule has 3 aromatic rings. The van der Waals surface area contributed by atoms with E-state index in [0.29, 0.717) is 31.9 Å². The van der Waals surface area contributed by atoms with Crippen molar-refractivity contribution in [2.45, 2.75) is 6.42 Å². The fourth-order valence-corrected chi connectivity index (χ4v) is 3.59. The van der Waals surface area contributed by atoms with Crippen LogP contribution in [0.3, 0.4) is 0 Å². The van der Waals surface area contributed by atoms with Gasteiger partial charge in [0, 0.05) is 18.7 Å². The van der Waals surface area contributed by atoms with E-state index in [2.05, 4.69) is 22.3 Å². The average Bonchev–Trinajstić information content (AvgIpc) is 2.78. The molecule has 6 nitrogen and oxygen atoms in total. The van der Waals surface area contributed by atoms with Crippen LogP contribution in [0, 0.1) is 0 Å². The molecule has 4 rings (SSSR count). The largest absolute Gasteiger partial charge is 0.478 e. The summed E-state index contributed by atoms with van der Waals surface area (Å²) in [7, 11) is 0. The summed E-state index contributed by atoms with van der Waals surface area (Å²) in [4.78, 5) is 25.7. The highest BCUT2D eigenvalue weighted by molar-refractivity contribution is 5.98. The molecule has 1 heterocycles. The van der Waals surface area contributed by atoms with Gasteiger partial charge in [-0.3, -0.25) is 9.69 Å². The summed E-state index contributed by atoms with van der Waals surface area (Å²) in [6, 6.07) is 18.8. The second kappa shape index (κ2) is 9.07. The smallest absolute Gasteiger partial charge is 0.335 e. The van der Waals surface area contributed by atoms with Crippen molar-refractivity contribution in [2.75, 3.05) is 33.0 Å². The lowest BCUT2D eigenvalue weighted by molar-refractivity contribution is 0.0334. The first-order valence-electron chi connectivity index (χ1n) is 10.0. The number of amides is 1. The van der Waals surface area contributed by atoms with Gasteiger partial charge in [0.1, 0.15) is 0 Å². The number of fused-ring (bicyclic) bond motifs is 1. The normalized spacial score (nSPS) is 14.5. The van der Waals surface area contributed by atoms with Crippen LogP contribution < -0.4 is 5.32 Å². The highest BCUT2D eigenvalue weighted by Gasteiger charge is 2.12. The summed E-state index contributed by atoms with van der Waals surface area (Å²) < 4.78 is 5.33. The van der Waals surface area contributed by atoms with E-state index in [-0.39, 0.29) is 11.5 Å². The molecule has 0 atom stereocenters. The minimum atomic E-state index is -0.924. The first-order chi connectivity index (χ1) is 14.6. The highest BCUT2D eigenvalue weighted by Crippen LogP contribution is 2.20. The molecule has 0 aromatic heterocycles. The van der Waals surface area contributed by atoms with Crippen molar-refractivity contribution in [1.29, 1.82) is 0 Å². The number of hydrogen-bond acceptors (Lipinski definition) is 4. The summed E-state index contributed by atoms with van der Waals surface area (Å²) in [5.74, 6) is -1.01. The van der Waals surface area contributed by atoms with Crippen LogP contribution in [0.4, 0.5) is 0 Å². The number of hydrogen-bond donors (Lipinski definition) is 2. The first-order valence-corrected chi connectivity index (χ1v) is 10.0. The number of aromatic carboxylic acids is 1. The maximum Gasteiger partial charge on any atom is 0.335 e. The number of ether oxygens (including phenoxy) is 1. The lowest BCUT2D eigenvalue weighted by atomic mass is 9.99. The molecule has 30 heavy (non-hydrogen) atoms. The zero-order valence-corrected chi connectivity index (χ0v) is 16.6. The fourth-order valence-electron chi connectivity index (χ4n) is 3.59. The monoisotopic (exact) mass is 404 g/mol. The minimum absolute atomic E-state index is 0.0851. The number of carboxylic acid groups (broad SMARTS) is 1. The summed E-state index contributed by atoms with van der Waals surface area (Å²) in [5.41, 5.74) is 3.07. The van der Waals surface area contributed by atoms with Crippen molar-refractivity contribution < 1.29 is 19.4 Å². The van der Waals surface area contributed by atoms with Gasteiger partial charge in [-0.2, -0.15) is 0 Å². The Labute approximate surface area is 175 Å². The highest BCUT2D eigenvalue weighted by atomic mass is 16.5. The second-order valence-corrected chi connectivity index (χ2v) is 7.47. The van der Waals surface area contributed by atoms with Gasteiger partial charge in [-0.25, -0.2) is 4.79 Å². The third-order valence-corrected chi connectivity index (χ3v) is 5.34. The standard InChI is InChI=1S/C24H24N2O4/c27-23(25-16-26-9-11-30-12-10-26)21-8-7-19-4-3-18(14-22(19)15-21)13-17-1-5-20(6-2-17)24(28)29/h1-8,14-15H,9-13,16H2,(H,25,27)(H,28,29). The van der Waals surface area contributed by atoms with Crippen molar-refractivity contribution in [2.24, 2.45) is 0 Å². The number of carbonyl (C=O) groups is 2. The number of nitrogens with one attached hydrogen (secondary N) is 1. The van der Waals surface area contributed by atoms with Crippen molar-refractivity contribution in [1.82, 2.24) is 10.2 Å². The van der Waals surface area contributed by atoms with Gasteiger partial charge in [0.15, 0.2) is 0 Å². The van der Waals surface area contributed by atoms with Crippen molar-refractivity contribution in [3.8, 4) is 0 Å². The molecule has 0 saturated carbocycles. The number of morpholine rings is 1. The summed E-state index contributed by atoms with van der Waals surface area (Å²) >= 11 is 0. The van der Waals surface area contributed by atoms with Crippen LogP contribution in [0.25, 0.3) is 10.8 Å². The van der Waals surface area contributed by atoms with E-state index in [1.54, 1.807) is 12.1 Å². The molecule has 1 aliphatic rings. The maximum atomic E-state index is 12.6. The van der Waals surface area contributed by atoms with Gasteiger partial charge in [0.25, 0.3) is 5.91 Å². The minimum Gasteiger partial charge on any atom is -0.478 e. The molecule has 1 amide bonds. The zero-order chi connectivity index (χ0) is 20.9. The van der Waals surface area contributed by atoms with Gasteiger partial charge < -0.3 is 15.2 Å². The first kappa shape index (κ1) is 20.1. The van der Waals surface area contributed by atoms with Gasteiger partial charge in [-0.05, 0) is 52.6 Å². The third kappa shape index (κ3) is 4.84.